The lowest BCUT2D eigenvalue weighted by Crippen LogP contribution is -2.28. The molecular formula is C18H22N4O3S. The standard InChI is InChI=1S/C18H22N4O3S/c1-11-13(10-23)17(22-21-11)20-14-8-9-19-16-12(14)6-5-7-15(16)26(24,25)18(2,3)4/h5-9,23H,10H2,1-4H3,(H2,19,20,21,22). The van der Waals surface area contributed by atoms with Gasteiger partial charge in [0.05, 0.1) is 27.5 Å². The normalized spacial score (nSPS) is 12.5. The van der Waals surface area contributed by atoms with Gasteiger partial charge in [0.15, 0.2) is 15.7 Å². The van der Waals surface area contributed by atoms with E-state index in [2.05, 4.69) is 20.5 Å². The van der Waals surface area contributed by atoms with Gasteiger partial charge in [-0.1, -0.05) is 12.1 Å². The molecule has 0 aliphatic heterocycles. The number of hydrogen-bond acceptors (Lipinski definition) is 6. The number of aliphatic hydroxyl groups excluding tert-OH is 1. The second-order valence-electron chi connectivity index (χ2n) is 7.09. The molecule has 3 aromatic rings. The van der Waals surface area contributed by atoms with Crippen LogP contribution < -0.4 is 5.32 Å². The number of para-hydroxylation sites is 1. The zero-order chi connectivity index (χ0) is 19.1. The predicted octanol–water partition coefficient (Wildman–Crippen LogP) is 3.07. The van der Waals surface area contributed by atoms with Gasteiger partial charge in [-0.2, -0.15) is 5.10 Å². The lowest BCUT2D eigenvalue weighted by Gasteiger charge is -2.20. The number of fused-ring (bicyclic) bond motifs is 1. The number of aromatic nitrogens is 3. The Hall–Kier alpha value is -2.45. The van der Waals surface area contributed by atoms with E-state index in [1.807, 2.05) is 13.0 Å². The Kier molecular flexibility index (Phi) is 4.49. The Balaban J connectivity index is 2.17. The number of pyridine rings is 1. The maximum atomic E-state index is 12.9. The molecule has 0 radical (unpaired) electrons. The molecule has 0 saturated heterocycles. The van der Waals surface area contributed by atoms with Gasteiger partial charge in [0.2, 0.25) is 0 Å². The molecule has 0 aliphatic carbocycles. The topological polar surface area (TPSA) is 108 Å². The molecule has 2 aromatic heterocycles. The summed E-state index contributed by atoms with van der Waals surface area (Å²) in [4.78, 5) is 4.51. The van der Waals surface area contributed by atoms with Gasteiger partial charge in [-0.3, -0.25) is 10.1 Å². The molecule has 8 heteroatoms. The summed E-state index contributed by atoms with van der Waals surface area (Å²) >= 11 is 0. The molecule has 0 amide bonds. The smallest absolute Gasteiger partial charge is 0.185 e. The highest BCUT2D eigenvalue weighted by Crippen LogP contribution is 2.33. The van der Waals surface area contributed by atoms with Crippen LogP contribution in [0.25, 0.3) is 10.9 Å². The maximum absolute atomic E-state index is 12.9. The van der Waals surface area contributed by atoms with E-state index in [4.69, 9.17) is 0 Å². The van der Waals surface area contributed by atoms with Crippen molar-refractivity contribution in [3.63, 3.8) is 0 Å². The molecule has 3 rings (SSSR count). The molecule has 7 nitrogen and oxygen atoms in total. The molecule has 138 valence electrons. The Bertz CT molecular complexity index is 1070. The van der Waals surface area contributed by atoms with Crippen LogP contribution in [-0.4, -0.2) is 33.5 Å². The van der Waals surface area contributed by atoms with Crippen LogP contribution in [0.2, 0.25) is 0 Å². The number of aryl methyl sites for hydroxylation is 1. The largest absolute Gasteiger partial charge is 0.391 e. The second kappa shape index (κ2) is 6.37. The highest BCUT2D eigenvalue weighted by Gasteiger charge is 2.32. The van der Waals surface area contributed by atoms with Crippen molar-refractivity contribution in [3.8, 4) is 0 Å². The minimum Gasteiger partial charge on any atom is -0.391 e. The van der Waals surface area contributed by atoms with E-state index < -0.39 is 14.6 Å². The highest BCUT2D eigenvalue weighted by atomic mass is 32.2. The first kappa shape index (κ1) is 18.3. The minimum atomic E-state index is -3.55. The number of nitrogens with zero attached hydrogens (tertiary/aromatic N) is 2. The fourth-order valence-electron chi connectivity index (χ4n) is 2.68. The van der Waals surface area contributed by atoms with E-state index in [9.17, 15) is 13.5 Å². The number of rotatable bonds is 4. The number of benzene rings is 1. The van der Waals surface area contributed by atoms with Crippen molar-refractivity contribution in [1.29, 1.82) is 0 Å². The maximum Gasteiger partial charge on any atom is 0.185 e. The van der Waals surface area contributed by atoms with Crippen LogP contribution in [0.4, 0.5) is 11.5 Å². The molecule has 1 aromatic carbocycles. The Morgan fingerprint density at radius 2 is 1.96 bits per heavy atom. The molecule has 0 spiro atoms. The van der Waals surface area contributed by atoms with Crippen molar-refractivity contribution < 1.29 is 13.5 Å². The van der Waals surface area contributed by atoms with E-state index in [1.54, 1.807) is 45.2 Å². The lowest BCUT2D eigenvalue weighted by atomic mass is 10.1. The van der Waals surface area contributed by atoms with Crippen LogP contribution in [0.15, 0.2) is 35.4 Å². The number of sulfone groups is 1. The Labute approximate surface area is 152 Å². The summed E-state index contributed by atoms with van der Waals surface area (Å²) in [5, 5.41) is 20.4. The summed E-state index contributed by atoms with van der Waals surface area (Å²) in [6.07, 6.45) is 1.56. The van der Waals surface area contributed by atoms with Crippen molar-refractivity contribution in [1.82, 2.24) is 15.2 Å². The van der Waals surface area contributed by atoms with Gasteiger partial charge in [0.25, 0.3) is 0 Å². The monoisotopic (exact) mass is 374 g/mol. The number of aliphatic hydroxyl groups is 1. The molecule has 0 aliphatic rings. The number of anilines is 2. The third-order valence-electron chi connectivity index (χ3n) is 4.31. The third kappa shape index (κ3) is 2.95. The van der Waals surface area contributed by atoms with Crippen LogP contribution in [0, 0.1) is 6.92 Å². The number of H-pyrrole nitrogens is 1. The number of nitrogens with one attached hydrogen (secondary N) is 2. The molecule has 0 saturated carbocycles. The van der Waals surface area contributed by atoms with Crippen molar-refractivity contribution >= 4 is 32.2 Å². The quantitative estimate of drug-likeness (QED) is 0.648. The zero-order valence-corrected chi connectivity index (χ0v) is 16.0. The minimum absolute atomic E-state index is 0.155. The predicted molar refractivity (Wildman–Crippen MR) is 101 cm³/mol. The van der Waals surface area contributed by atoms with Crippen molar-refractivity contribution in [3.05, 3.63) is 41.7 Å². The molecule has 0 bridgehead atoms. The Morgan fingerprint density at radius 3 is 2.62 bits per heavy atom. The van der Waals surface area contributed by atoms with E-state index in [-0.39, 0.29) is 11.5 Å². The third-order valence-corrected chi connectivity index (χ3v) is 6.84. The van der Waals surface area contributed by atoms with Crippen molar-refractivity contribution in [2.75, 3.05) is 5.32 Å². The first-order valence-corrected chi connectivity index (χ1v) is 9.69. The summed E-state index contributed by atoms with van der Waals surface area (Å²) in [6, 6.07) is 6.85. The van der Waals surface area contributed by atoms with E-state index in [0.29, 0.717) is 28.0 Å². The second-order valence-corrected chi connectivity index (χ2v) is 9.76. The summed E-state index contributed by atoms with van der Waals surface area (Å²) in [6.45, 7) is 6.68. The van der Waals surface area contributed by atoms with Gasteiger partial charge < -0.3 is 10.4 Å². The van der Waals surface area contributed by atoms with Crippen LogP contribution in [0.5, 0.6) is 0 Å². The van der Waals surface area contributed by atoms with Gasteiger partial charge in [0.1, 0.15) is 0 Å². The molecule has 26 heavy (non-hydrogen) atoms. The van der Waals surface area contributed by atoms with Gasteiger partial charge >= 0.3 is 0 Å². The average molecular weight is 374 g/mol. The van der Waals surface area contributed by atoms with E-state index in [0.717, 1.165) is 5.69 Å². The van der Waals surface area contributed by atoms with Crippen LogP contribution in [0.1, 0.15) is 32.0 Å². The van der Waals surface area contributed by atoms with Crippen molar-refractivity contribution in [2.45, 2.75) is 43.9 Å². The lowest BCUT2D eigenvalue weighted by molar-refractivity contribution is 0.282. The van der Waals surface area contributed by atoms with Gasteiger partial charge in [-0.25, -0.2) is 8.42 Å². The molecule has 2 heterocycles. The SMILES string of the molecule is Cc1[nH]nc(Nc2ccnc3c(S(=O)(=O)C(C)(C)C)cccc23)c1CO. The van der Waals surface area contributed by atoms with Crippen LogP contribution in [0.3, 0.4) is 0 Å². The summed E-state index contributed by atoms with van der Waals surface area (Å²) in [5.41, 5.74) is 2.50. The van der Waals surface area contributed by atoms with Gasteiger partial charge in [-0.15, -0.1) is 0 Å². The zero-order valence-electron chi connectivity index (χ0n) is 15.2. The summed E-state index contributed by atoms with van der Waals surface area (Å²) < 4.78 is 24.9. The molecule has 0 fully saturated rings. The molecular weight excluding hydrogens is 352 g/mol. The van der Waals surface area contributed by atoms with Crippen LogP contribution in [-0.2, 0) is 16.4 Å². The summed E-state index contributed by atoms with van der Waals surface area (Å²) in [7, 11) is -3.55. The molecule has 0 atom stereocenters. The highest BCUT2D eigenvalue weighted by molar-refractivity contribution is 7.93. The molecule has 0 unspecified atom stereocenters. The number of hydrogen-bond donors (Lipinski definition) is 3. The van der Waals surface area contributed by atoms with E-state index in [1.165, 1.54) is 0 Å². The first-order valence-electron chi connectivity index (χ1n) is 8.21. The van der Waals surface area contributed by atoms with Crippen LogP contribution >= 0.6 is 0 Å². The average Bonchev–Trinajstić information content (AvgIpc) is 2.93. The van der Waals surface area contributed by atoms with Gasteiger partial charge in [0, 0.05) is 22.8 Å². The summed E-state index contributed by atoms with van der Waals surface area (Å²) in [5.74, 6) is 0.501. The fraction of sp³-hybridized carbons (Fsp3) is 0.333. The fourth-order valence-corrected chi connectivity index (χ4v) is 4.02. The Morgan fingerprint density at radius 1 is 1.23 bits per heavy atom. The molecule has 3 N–H and O–H groups in total. The van der Waals surface area contributed by atoms with Crippen molar-refractivity contribution in [2.24, 2.45) is 0 Å². The van der Waals surface area contributed by atoms with Gasteiger partial charge in [-0.05, 0) is 39.8 Å². The van der Waals surface area contributed by atoms with E-state index >= 15 is 0 Å². The first-order chi connectivity index (χ1) is 12.2. The number of aromatic amines is 1.